The number of hydrogen-bond donors (Lipinski definition) is 2. The number of rotatable bonds is 5. The number of imidazole rings is 1. The average molecular weight is 199 g/mol. The van der Waals surface area contributed by atoms with Crippen LogP contribution in [0.2, 0.25) is 0 Å². The minimum Gasteiger partial charge on any atom is -0.248 e. The number of thiol groups is 1. The topological polar surface area (TPSA) is 19.7 Å². The van der Waals surface area contributed by atoms with Gasteiger partial charge in [-0.2, -0.15) is 12.6 Å². The minimum atomic E-state index is 0.549. The van der Waals surface area contributed by atoms with Crippen LogP contribution in [0.5, 0.6) is 0 Å². The second-order valence-corrected chi connectivity index (χ2v) is 4.23. The molecule has 0 spiro atoms. The van der Waals surface area contributed by atoms with Crippen molar-refractivity contribution < 1.29 is 4.57 Å². The quantitative estimate of drug-likeness (QED) is 0.533. The van der Waals surface area contributed by atoms with Crippen LogP contribution in [0, 0.1) is 0 Å². The fourth-order valence-corrected chi connectivity index (χ4v) is 1.85. The van der Waals surface area contributed by atoms with Crippen LogP contribution >= 0.6 is 12.6 Å². The Hall–Kier alpha value is -0.440. The van der Waals surface area contributed by atoms with Gasteiger partial charge in [0.25, 0.3) is 5.82 Å². The summed E-state index contributed by atoms with van der Waals surface area (Å²) in [5.74, 6) is 1.29. The van der Waals surface area contributed by atoms with Gasteiger partial charge in [-0.05, 0) is 12.8 Å². The van der Waals surface area contributed by atoms with E-state index in [1.165, 1.54) is 18.7 Å². The summed E-state index contributed by atoms with van der Waals surface area (Å²) in [4.78, 5) is 3.23. The van der Waals surface area contributed by atoms with Gasteiger partial charge >= 0.3 is 0 Å². The fourth-order valence-electron chi connectivity index (χ4n) is 1.47. The first-order chi connectivity index (χ1) is 6.24. The minimum absolute atomic E-state index is 0.549. The fraction of sp³-hybridized carbons (Fsp3) is 0.700. The summed E-state index contributed by atoms with van der Waals surface area (Å²) < 4.78 is 2.13. The Morgan fingerprint density at radius 2 is 2.31 bits per heavy atom. The lowest BCUT2D eigenvalue weighted by atomic mass is 10.1. The van der Waals surface area contributed by atoms with Crippen LogP contribution in [0.4, 0.5) is 0 Å². The second kappa shape index (κ2) is 5.32. The molecule has 2 nitrogen and oxygen atoms in total. The highest BCUT2D eigenvalue weighted by Crippen LogP contribution is 2.10. The van der Waals surface area contributed by atoms with Crippen LogP contribution in [0.1, 0.15) is 32.0 Å². The maximum Gasteiger partial charge on any atom is 0.253 e. The molecule has 0 aliphatic heterocycles. The van der Waals surface area contributed by atoms with Crippen molar-refractivity contribution in [3.63, 3.8) is 0 Å². The number of hydrogen-bond acceptors (Lipinski definition) is 1. The molecule has 13 heavy (non-hydrogen) atoms. The highest BCUT2D eigenvalue weighted by molar-refractivity contribution is 7.80. The molecule has 0 saturated heterocycles. The van der Waals surface area contributed by atoms with E-state index >= 15 is 0 Å². The maximum absolute atomic E-state index is 4.53. The zero-order valence-electron chi connectivity index (χ0n) is 8.45. The zero-order valence-corrected chi connectivity index (χ0v) is 9.35. The molecule has 0 fully saturated rings. The van der Waals surface area contributed by atoms with Gasteiger partial charge in [0.2, 0.25) is 0 Å². The van der Waals surface area contributed by atoms with Gasteiger partial charge < -0.3 is 0 Å². The van der Waals surface area contributed by atoms with Gasteiger partial charge in [-0.1, -0.05) is 13.3 Å². The summed E-state index contributed by atoms with van der Waals surface area (Å²) in [6.45, 7) is 2.21. The van der Waals surface area contributed by atoms with Gasteiger partial charge in [-0.15, -0.1) is 0 Å². The maximum atomic E-state index is 4.53. The predicted molar refractivity (Wildman–Crippen MR) is 58.0 cm³/mol. The van der Waals surface area contributed by atoms with Crippen molar-refractivity contribution in [3.05, 3.63) is 18.2 Å². The molecule has 3 heteroatoms. The molecule has 0 aliphatic rings. The number of aromatic amines is 1. The first-order valence-electron chi connectivity index (χ1n) is 4.94. The summed E-state index contributed by atoms with van der Waals surface area (Å²) in [5, 5.41) is 0.549. The number of nitrogens with one attached hydrogen (secondary N) is 1. The summed E-state index contributed by atoms with van der Waals surface area (Å²) in [7, 11) is 2.07. The summed E-state index contributed by atoms with van der Waals surface area (Å²) in [6, 6.07) is 0. The highest BCUT2D eigenvalue weighted by Gasteiger charge is 2.09. The van der Waals surface area contributed by atoms with Crippen LogP contribution in [-0.2, 0) is 13.5 Å². The number of aryl methyl sites for hydroxylation is 2. The molecule has 0 aromatic carbocycles. The molecule has 1 atom stereocenters. The molecule has 0 radical (unpaired) electrons. The van der Waals surface area contributed by atoms with E-state index in [9.17, 15) is 0 Å². The Morgan fingerprint density at radius 1 is 1.54 bits per heavy atom. The van der Waals surface area contributed by atoms with Gasteiger partial charge in [0.1, 0.15) is 12.4 Å². The Morgan fingerprint density at radius 3 is 2.85 bits per heavy atom. The average Bonchev–Trinajstić information content (AvgIpc) is 2.48. The van der Waals surface area contributed by atoms with E-state index in [0.29, 0.717) is 5.25 Å². The summed E-state index contributed by atoms with van der Waals surface area (Å²) in [5.41, 5.74) is 0. The van der Waals surface area contributed by atoms with E-state index < -0.39 is 0 Å². The van der Waals surface area contributed by atoms with E-state index in [4.69, 9.17) is 0 Å². The number of H-pyrrole nitrogens is 1. The van der Waals surface area contributed by atoms with Crippen LogP contribution in [-0.4, -0.2) is 10.2 Å². The standard InChI is InChI=1S/C10H18N2S/c1-3-4-9(13)5-6-10-11-7-8-12(10)2/h7-9,13H,3-6H2,1-2H3/p+1. The van der Waals surface area contributed by atoms with Crippen molar-refractivity contribution in [2.75, 3.05) is 0 Å². The largest absolute Gasteiger partial charge is 0.253 e. The molecular formula is C10H19N2S+. The third-order valence-electron chi connectivity index (χ3n) is 2.31. The number of nitrogens with zero attached hydrogens (tertiary/aromatic N) is 1. The molecule has 74 valence electrons. The van der Waals surface area contributed by atoms with Crippen molar-refractivity contribution >= 4 is 12.6 Å². The molecule has 0 amide bonds. The molecule has 1 unspecified atom stereocenters. The molecule has 1 aromatic heterocycles. The van der Waals surface area contributed by atoms with Crippen molar-refractivity contribution in [2.45, 2.75) is 37.9 Å². The molecule has 1 aromatic rings. The molecule has 0 saturated carbocycles. The normalized spacial score (nSPS) is 13.2. The molecule has 1 N–H and O–H groups in total. The van der Waals surface area contributed by atoms with Gasteiger partial charge in [0.15, 0.2) is 0 Å². The molecule has 0 bridgehead atoms. The van der Waals surface area contributed by atoms with Crippen LogP contribution in [0.15, 0.2) is 12.4 Å². The first-order valence-corrected chi connectivity index (χ1v) is 5.45. The molecular weight excluding hydrogens is 180 g/mol. The van der Waals surface area contributed by atoms with Crippen molar-refractivity contribution in [1.29, 1.82) is 0 Å². The SMILES string of the molecule is CCCC(S)CCc1[nH]cc[n+]1C. The van der Waals surface area contributed by atoms with E-state index in [2.05, 4.69) is 36.2 Å². The lowest BCUT2D eigenvalue weighted by molar-refractivity contribution is -0.677. The van der Waals surface area contributed by atoms with Gasteiger partial charge in [0.05, 0.1) is 13.5 Å². The molecule has 1 rings (SSSR count). The van der Waals surface area contributed by atoms with Gasteiger partial charge in [-0.3, -0.25) is 0 Å². The van der Waals surface area contributed by atoms with E-state index in [1.54, 1.807) is 0 Å². The lowest BCUT2D eigenvalue weighted by Crippen LogP contribution is -2.30. The Kier molecular flexibility index (Phi) is 4.36. The Balaban J connectivity index is 2.30. The predicted octanol–water partition coefficient (Wildman–Crippen LogP) is 1.87. The number of aromatic nitrogens is 2. The van der Waals surface area contributed by atoms with Crippen molar-refractivity contribution in [3.8, 4) is 0 Å². The van der Waals surface area contributed by atoms with Crippen LogP contribution < -0.4 is 4.57 Å². The van der Waals surface area contributed by atoms with E-state index in [1.807, 2.05) is 12.4 Å². The van der Waals surface area contributed by atoms with Crippen molar-refractivity contribution in [2.24, 2.45) is 7.05 Å². The summed E-state index contributed by atoms with van der Waals surface area (Å²) >= 11 is 4.53. The Bertz CT molecular complexity index is 245. The van der Waals surface area contributed by atoms with Crippen LogP contribution in [0.25, 0.3) is 0 Å². The zero-order chi connectivity index (χ0) is 9.68. The monoisotopic (exact) mass is 199 g/mol. The van der Waals surface area contributed by atoms with Gasteiger partial charge in [-0.25, -0.2) is 9.55 Å². The van der Waals surface area contributed by atoms with E-state index in [-0.39, 0.29) is 0 Å². The highest BCUT2D eigenvalue weighted by atomic mass is 32.1. The van der Waals surface area contributed by atoms with Gasteiger partial charge in [0, 0.05) is 5.25 Å². The molecule has 1 heterocycles. The lowest BCUT2D eigenvalue weighted by Gasteiger charge is -2.05. The smallest absolute Gasteiger partial charge is 0.248 e. The third kappa shape index (κ3) is 3.43. The van der Waals surface area contributed by atoms with Crippen molar-refractivity contribution in [1.82, 2.24) is 4.98 Å². The molecule has 0 aliphatic carbocycles. The van der Waals surface area contributed by atoms with E-state index in [0.717, 1.165) is 12.8 Å². The Labute approximate surface area is 85.8 Å². The van der Waals surface area contributed by atoms with Crippen LogP contribution in [0.3, 0.4) is 0 Å². The second-order valence-electron chi connectivity index (χ2n) is 3.50. The first kappa shape index (κ1) is 10.6. The third-order valence-corrected chi connectivity index (χ3v) is 2.83. The summed E-state index contributed by atoms with van der Waals surface area (Å²) in [6.07, 6.45) is 8.72.